The number of carbonyl (C=O) groups is 3. The predicted octanol–water partition coefficient (Wildman–Crippen LogP) is 1.45. The number of aromatic nitrogens is 2. The number of amides is 3. The molecule has 2 aliphatic rings. The van der Waals surface area contributed by atoms with Crippen LogP contribution in [0.2, 0.25) is 0 Å². The maximum atomic E-state index is 13.0. The number of allylic oxidation sites excluding steroid dienone is 3. The Hall–Kier alpha value is -2.98. The fourth-order valence-corrected chi connectivity index (χ4v) is 3.96. The topological polar surface area (TPSA) is 132 Å². The minimum atomic E-state index is -1.16. The first kappa shape index (κ1) is 26.6. The van der Waals surface area contributed by atoms with Crippen LogP contribution in [0.15, 0.2) is 36.8 Å². The Kier molecular flexibility index (Phi) is 8.50. The van der Waals surface area contributed by atoms with E-state index in [1.807, 2.05) is 17.1 Å². The van der Waals surface area contributed by atoms with E-state index in [4.69, 9.17) is 10.5 Å². The van der Waals surface area contributed by atoms with E-state index in [-0.39, 0.29) is 30.3 Å². The number of nitrogens with zero attached hydrogens (tertiary/aromatic N) is 3. The molecule has 1 fully saturated rings. The molecule has 0 bridgehead atoms. The average Bonchev–Trinajstić information content (AvgIpc) is 3.41. The van der Waals surface area contributed by atoms with Crippen molar-refractivity contribution in [2.24, 2.45) is 17.1 Å². The first-order chi connectivity index (χ1) is 16.4. The molecule has 2 unspecified atom stereocenters. The Morgan fingerprint density at radius 2 is 2.11 bits per heavy atom. The van der Waals surface area contributed by atoms with E-state index >= 15 is 0 Å². The molecule has 1 aromatic rings. The lowest BCUT2D eigenvalue weighted by molar-refractivity contribution is -0.131. The van der Waals surface area contributed by atoms with Crippen molar-refractivity contribution in [1.82, 2.24) is 19.8 Å². The summed E-state index contributed by atoms with van der Waals surface area (Å²) in [5.41, 5.74) is 4.57. The molecule has 0 radical (unpaired) electrons. The zero-order valence-corrected chi connectivity index (χ0v) is 21.1. The van der Waals surface area contributed by atoms with Gasteiger partial charge in [-0.25, -0.2) is 4.98 Å². The Bertz CT molecular complexity index is 979. The van der Waals surface area contributed by atoms with E-state index in [1.165, 1.54) is 6.33 Å². The van der Waals surface area contributed by atoms with Crippen LogP contribution in [-0.4, -0.2) is 70.1 Å². The lowest BCUT2D eigenvalue weighted by atomic mass is 9.85. The molecule has 2 heterocycles. The molecule has 3 atom stereocenters. The van der Waals surface area contributed by atoms with Crippen molar-refractivity contribution in [2.45, 2.75) is 58.7 Å². The third-order valence-electron chi connectivity index (χ3n) is 6.23. The van der Waals surface area contributed by atoms with Gasteiger partial charge in [0.1, 0.15) is 12.6 Å². The van der Waals surface area contributed by atoms with E-state index in [1.54, 1.807) is 24.6 Å². The summed E-state index contributed by atoms with van der Waals surface area (Å²) >= 11 is 0. The number of hydrogen-bond acceptors (Lipinski definition) is 6. The van der Waals surface area contributed by atoms with E-state index in [0.29, 0.717) is 12.5 Å². The number of imidazole rings is 1. The number of rotatable bonds is 10. The van der Waals surface area contributed by atoms with Gasteiger partial charge in [0.25, 0.3) is 5.91 Å². The highest BCUT2D eigenvalue weighted by atomic mass is 16.5. The number of hydrogen-bond donors (Lipinski definition) is 3. The van der Waals surface area contributed by atoms with Crippen LogP contribution in [-0.2, 0) is 25.7 Å². The van der Waals surface area contributed by atoms with Crippen LogP contribution in [0.5, 0.6) is 0 Å². The first-order valence-corrected chi connectivity index (χ1v) is 12.1. The Balaban J connectivity index is 1.59. The summed E-state index contributed by atoms with van der Waals surface area (Å²) in [5.74, 6) is -0.122. The maximum absolute atomic E-state index is 13.0. The molecule has 10 heteroatoms. The Morgan fingerprint density at radius 3 is 2.74 bits per heavy atom. The number of nitrogens with two attached hydrogens (primary N) is 1. The summed E-state index contributed by atoms with van der Waals surface area (Å²) in [5, 5.41) is 5.39. The van der Waals surface area contributed by atoms with Crippen molar-refractivity contribution in [3.63, 3.8) is 0 Å². The van der Waals surface area contributed by atoms with Crippen LogP contribution in [0, 0.1) is 11.3 Å². The molecule has 1 aliphatic heterocycles. The SMILES string of the molecule is CC1CCN(C(=O)Cn2cnc(NC(=O)[C@@H](COCC3(C)C=CC=CC3)NC(=O)C(C)(C)N)c2)C1. The van der Waals surface area contributed by atoms with Gasteiger partial charge >= 0.3 is 0 Å². The monoisotopic (exact) mass is 486 g/mol. The predicted molar refractivity (Wildman–Crippen MR) is 133 cm³/mol. The summed E-state index contributed by atoms with van der Waals surface area (Å²) in [6, 6.07) is -0.963. The zero-order valence-electron chi connectivity index (χ0n) is 21.1. The number of nitrogens with one attached hydrogen (secondary N) is 2. The summed E-state index contributed by atoms with van der Waals surface area (Å²) in [6.07, 6.45) is 13.0. The Labute approximate surface area is 207 Å². The van der Waals surface area contributed by atoms with E-state index < -0.39 is 23.4 Å². The van der Waals surface area contributed by atoms with E-state index in [9.17, 15) is 14.4 Å². The van der Waals surface area contributed by atoms with E-state index in [0.717, 1.165) is 25.9 Å². The molecule has 0 spiro atoms. The lowest BCUT2D eigenvalue weighted by Crippen LogP contribution is -2.56. The fourth-order valence-electron chi connectivity index (χ4n) is 3.96. The average molecular weight is 487 g/mol. The summed E-state index contributed by atoms with van der Waals surface area (Å²) in [7, 11) is 0. The third kappa shape index (κ3) is 7.76. The van der Waals surface area contributed by atoms with Crippen molar-refractivity contribution in [3.05, 3.63) is 36.8 Å². The molecule has 10 nitrogen and oxygen atoms in total. The molecule has 1 aromatic heterocycles. The number of likely N-dealkylation sites (tertiary alicyclic amines) is 1. The number of ether oxygens (including phenoxy) is 1. The van der Waals surface area contributed by atoms with Crippen LogP contribution in [0.3, 0.4) is 0 Å². The van der Waals surface area contributed by atoms with Gasteiger partial charge in [-0.15, -0.1) is 0 Å². The highest BCUT2D eigenvalue weighted by molar-refractivity contribution is 5.98. The molecule has 1 saturated heterocycles. The molecule has 3 rings (SSSR count). The maximum Gasteiger partial charge on any atom is 0.250 e. The second kappa shape index (κ2) is 11.2. The lowest BCUT2D eigenvalue weighted by Gasteiger charge is -2.28. The van der Waals surface area contributed by atoms with Crippen LogP contribution in [0.25, 0.3) is 0 Å². The van der Waals surface area contributed by atoms with Crippen LogP contribution in [0.1, 0.15) is 40.5 Å². The third-order valence-corrected chi connectivity index (χ3v) is 6.23. The van der Waals surface area contributed by atoms with Gasteiger partial charge in [-0.05, 0) is 32.6 Å². The van der Waals surface area contributed by atoms with Gasteiger partial charge in [-0.1, -0.05) is 38.2 Å². The van der Waals surface area contributed by atoms with Gasteiger partial charge in [0.15, 0.2) is 5.82 Å². The minimum Gasteiger partial charge on any atom is -0.378 e. The van der Waals surface area contributed by atoms with Crippen molar-refractivity contribution in [1.29, 1.82) is 0 Å². The van der Waals surface area contributed by atoms with Crippen molar-refractivity contribution >= 4 is 23.5 Å². The van der Waals surface area contributed by atoms with Crippen LogP contribution < -0.4 is 16.4 Å². The summed E-state index contributed by atoms with van der Waals surface area (Å²) < 4.78 is 7.49. The molecular weight excluding hydrogens is 448 g/mol. The number of anilines is 1. The quantitative estimate of drug-likeness (QED) is 0.459. The molecule has 192 valence electrons. The molecule has 35 heavy (non-hydrogen) atoms. The first-order valence-electron chi connectivity index (χ1n) is 12.1. The van der Waals surface area contributed by atoms with Gasteiger partial charge in [0, 0.05) is 24.7 Å². The molecule has 0 aromatic carbocycles. The van der Waals surface area contributed by atoms with Gasteiger partial charge in [0.05, 0.1) is 25.1 Å². The standard InChI is InChI=1S/C25H38N6O4/c1-18-8-11-31(12-18)21(32)14-30-13-20(27-17-30)29-22(33)19(28-23(34)24(2,3)26)15-35-16-25(4)9-6-5-7-10-25/h5-7,9,13,17-19H,8,10-12,14-16,26H2,1-4H3,(H,28,34)(H,29,33)/t18?,19-,25?/m1/s1. The highest BCUT2D eigenvalue weighted by Gasteiger charge is 2.30. The minimum absolute atomic E-state index is 0.0207. The van der Waals surface area contributed by atoms with Gasteiger partial charge in [-0.3, -0.25) is 14.4 Å². The second-order valence-corrected chi connectivity index (χ2v) is 10.6. The molecule has 1 aliphatic carbocycles. The normalized spacial score (nSPS) is 22.8. The van der Waals surface area contributed by atoms with Gasteiger partial charge < -0.3 is 30.6 Å². The van der Waals surface area contributed by atoms with E-state index in [2.05, 4.69) is 41.6 Å². The molecular formula is C25H38N6O4. The molecule has 0 saturated carbocycles. The second-order valence-electron chi connectivity index (χ2n) is 10.6. The van der Waals surface area contributed by atoms with Crippen molar-refractivity contribution in [3.8, 4) is 0 Å². The van der Waals surface area contributed by atoms with Gasteiger partial charge in [0.2, 0.25) is 11.8 Å². The van der Waals surface area contributed by atoms with Crippen LogP contribution >= 0.6 is 0 Å². The summed E-state index contributed by atoms with van der Waals surface area (Å²) in [4.78, 5) is 44.0. The smallest absolute Gasteiger partial charge is 0.250 e. The van der Waals surface area contributed by atoms with Crippen molar-refractivity contribution < 1.29 is 19.1 Å². The molecule has 3 amide bonds. The number of carbonyl (C=O) groups excluding carboxylic acids is 3. The largest absolute Gasteiger partial charge is 0.378 e. The van der Waals surface area contributed by atoms with Crippen LogP contribution in [0.4, 0.5) is 5.82 Å². The highest BCUT2D eigenvalue weighted by Crippen LogP contribution is 2.27. The van der Waals surface area contributed by atoms with Crippen molar-refractivity contribution in [2.75, 3.05) is 31.6 Å². The fraction of sp³-hybridized carbons (Fsp3) is 0.600. The summed E-state index contributed by atoms with van der Waals surface area (Å²) in [6.45, 7) is 9.39. The molecule has 4 N–H and O–H groups in total. The van der Waals surface area contributed by atoms with Gasteiger partial charge in [-0.2, -0.15) is 0 Å². The Morgan fingerprint density at radius 1 is 1.34 bits per heavy atom. The zero-order chi connectivity index (χ0) is 25.6.